The number of nitriles is 1. The quantitative estimate of drug-likeness (QED) is 0.593. The van der Waals surface area contributed by atoms with Gasteiger partial charge in [-0.2, -0.15) is 18.4 Å². The Hall–Kier alpha value is -4.33. The van der Waals surface area contributed by atoms with Gasteiger partial charge in [0.05, 0.1) is 28.9 Å². The van der Waals surface area contributed by atoms with Crippen molar-refractivity contribution < 1.29 is 32.7 Å². The van der Waals surface area contributed by atoms with Gasteiger partial charge in [0.1, 0.15) is 0 Å². The summed E-state index contributed by atoms with van der Waals surface area (Å²) in [5.41, 5.74) is 0.314. The molecule has 0 radical (unpaired) electrons. The third-order valence-electron chi connectivity index (χ3n) is 6.69. The summed E-state index contributed by atoms with van der Waals surface area (Å²) in [6.07, 6.45) is -5.14. The predicted molar refractivity (Wildman–Crippen MR) is 126 cm³/mol. The number of allylic oxidation sites excluding steroid dienone is 1. The molecule has 1 saturated heterocycles. The van der Waals surface area contributed by atoms with Crippen LogP contribution in [0.25, 0.3) is 0 Å². The molecule has 37 heavy (non-hydrogen) atoms. The lowest BCUT2D eigenvalue weighted by molar-refractivity contribution is -0.137. The number of alkyl halides is 3. The van der Waals surface area contributed by atoms with Crippen molar-refractivity contribution >= 4 is 23.6 Å². The van der Waals surface area contributed by atoms with Crippen molar-refractivity contribution in [2.45, 2.75) is 32.0 Å². The van der Waals surface area contributed by atoms with Crippen molar-refractivity contribution in [2.75, 3.05) is 18.0 Å². The van der Waals surface area contributed by atoms with Gasteiger partial charge in [0.15, 0.2) is 5.78 Å². The molecule has 0 spiro atoms. The zero-order valence-corrected chi connectivity index (χ0v) is 19.7. The normalized spacial score (nSPS) is 18.9. The van der Waals surface area contributed by atoms with Gasteiger partial charge in [-0.05, 0) is 55.7 Å². The molecular formula is C26H23F3N4O4. The SMILES string of the molecule is CC1=C(C(=O)C2CCN(C(=O)O)CC2)C(c2ccc(C#N)cc2)NC(=O)N1c1cccc(C(F)(F)F)c1. The number of nitrogens with zero attached hydrogens (tertiary/aromatic N) is 3. The van der Waals surface area contributed by atoms with E-state index in [0.29, 0.717) is 11.1 Å². The van der Waals surface area contributed by atoms with Gasteiger partial charge in [-0.15, -0.1) is 0 Å². The Kier molecular flexibility index (Phi) is 6.94. The number of halogens is 3. The number of carbonyl (C=O) groups is 3. The van der Waals surface area contributed by atoms with E-state index in [-0.39, 0.29) is 48.7 Å². The average molecular weight is 512 g/mol. The number of hydrogen-bond donors (Lipinski definition) is 2. The molecule has 2 heterocycles. The van der Waals surface area contributed by atoms with Crippen molar-refractivity contribution in [3.8, 4) is 6.07 Å². The number of urea groups is 1. The lowest BCUT2D eigenvalue weighted by Gasteiger charge is -2.38. The lowest BCUT2D eigenvalue weighted by atomic mass is 9.82. The first-order chi connectivity index (χ1) is 17.5. The van der Waals surface area contributed by atoms with Crippen LogP contribution in [0.2, 0.25) is 0 Å². The van der Waals surface area contributed by atoms with E-state index < -0.39 is 35.8 Å². The van der Waals surface area contributed by atoms with E-state index in [2.05, 4.69) is 5.32 Å². The molecule has 2 aromatic carbocycles. The molecule has 0 aromatic heterocycles. The molecule has 192 valence electrons. The Labute approximate surface area is 210 Å². The summed E-state index contributed by atoms with van der Waals surface area (Å²) < 4.78 is 40.1. The molecule has 1 fully saturated rings. The standard InChI is InChI=1S/C26H23F3N4O4/c1-15-21(23(34)18-9-11-32(12-10-18)25(36)37)22(17-7-5-16(14-30)6-8-17)31-24(35)33(15)20-4-2-3-19(13-20)26(27,28)29/h2-8,13,18,22H,9-12H2,1H3,(H,31,35)(H,36,37). The van der Waals surface area contributed by atoms with Crippen LogP contribution in [0.15, 0.2) is 59.8 Å². The summed E-state index contributed by atoms with van der Waals surface area (Å²) in [4.78, 5) is 40.6. The van der Waals surface area contributed by atoms with E-state index >= 15 is 0 Å². The van der Waals surface area contributed by atoms with Crippen molar-refractivity contribution in [1.29, 1.82) is 5.26 Å². The van der Waals surface area contributed by atoms with Crippen LogP contribution < -0.4 is 10.2 Å². The summed E-state index contributed by atoms with van der Waals surface area (Å²) in [5, 5.41) is 21.1. The number of rotatable bonds is 4. The second-order valence-corrected chi connectivity index (χ2v) is 8.91. The van der Waals surface area contributed by atoms with Gasteiger partial charge < -0.3 is 15.3 Å². The second kappa shape index (κ2) is 9.97. The number of carboxylic acid groups (broad SMARTS) is 1. The fraction of sp³-hybridized carbons (Fsp3) is 0.308. The van der Waals surface area contributed by atoms with Crippen LogP contribution in [0.1, 0.15) is 42.5 Å². The molecule has 0 aliphatic carbocycles. The Morgan fingerprint density at radius 2 is 1.76 bits per heavy atom. The Bertz CT molecular complexity index is 1310. The molecule has 2 aliphatic rings. The highest BCUT2D eigenvalue weighted by Crippen LogP contribution is 2.38. The summed E-state index contributed by atoms with van der Waals surface area (Å²) in [5.74, 6) is -0.839. The zero-order chi connectivity index (χ0) is 26.9. The maximum atomic E-state index is 13.8. The predicted octanol–water partition coefficient (Wildman–Crippen LogP) is 5.08. The van der Waals surface area contributed by atoms with Crippen LogP contribution in [-0.2, 0) is 11.0 Å². The second-order valence-electron chi connectivity index (χ2n) is 8.91. The first-order valence-electron chi connectivity index (χ1n) is 11.5. The summed E-state index contributed by atoms with van der Waals surface area (Å²) in [6, 6.07) is 11.0. The first kappa shape index (κ1) is 25.8. The fourth-order valence-electron chi connectivity index (χ4n) is 4.75. The van der Waals surface area contributed by atoms with E-state index in [4.69, 9.17) is 5.26 Å². The third kappa shape index (κ3) is 5.14. The van der Waals surface area contributed by atoms with Crippen molar-refractivity contribution in [1.82, 2.24) is 10.2 Å². The molecule has 2 aliphatic heterocycles. The number of piperidine rings is 1. The van der Waals surface area contributed by atoms with E-state index in [0.717, 1.165) is 17.0 Å². The number of ketones is 1. The minimum absolute atomic E-state index is 0.0471. The highest BCUT2D eigenvalue weighted by atomic mass is 19.4. The van der Waals surface area contributed by atoms with Crippen LogP contribution in [0.5, 0.6) is 0 Å². The highest BCUT2D eigenvalue weighted by Gasteiger charge is 2.40. The smallest absolute Gasteiger partial charge is 0.416 e. The number of carbonyl (C=O) groups excluding carboxylic acids is 2. The zero-order valence-electron chi connectivity index (χ0n) is 19.7. The summed E-state index contributed by atoms with van der Waals surface area (Å²) in [7, 11) is 0. The number of hydrogen-bond acceptors (Lipinski definition) is 4. The molecule has 0 bridgehead atoms. The van der Waals surface area contributed by atoms with Gasteiger partial charge in [-0.1, -0.05) is 18.2 Å². The number of likely N-dealkylation sites (tertiary alicyclic amines) is 1. The molecule has 4 rings (SSSR count). The molecule has 1 unspecified atom stereocenters. The molecule has 2 N–H and O–H groups in total. The van der Waals surface area contributed by atoms with Gasteiger partial charge in [0, 0.05) is 30.3 Å². The first-order valence-corrected chi connectivity index (χ1v) is 11.5. The Morgan fingerprint density at radius 3 is 2.32 bits per heavy atom. The number of amides is 3. The van der Waals surface area contributed by atoms with Crippen LogP contribution in [0.4, 0.5) is 28.4 Å². The van der Waals surface area contributed by atoms with Gasteiger partial charge in [0.25, 0.3) is 0 Å². The molecule has 11 heteroatoms. The van der Waals surface area contributed by atoms with E-state index in [1.165, 1.54) is 24.0 Å². The van der Waals surface area contributed by atoms with Crippen LogP contribution in [-0.4, -0.2) is 41.0 Å². The Balaban J connectivity index is 1.78. The van der Waals surface area contributed by atoms with Crippen molar-refractivity contribution in [3.63, 3.8) is 0 Å². The lowest BCUT2D eigenvalue weighted by Crippen LogP contribution is -2.49. The van der Waals surface area contributed by atoms with Gasteiger partial charge in [0.2, 0.25) is 0 Å². The maximum Gasteiger partial charge on any atom is 0.416 e. The van der Waals surface area contributed by atoms with Crippen LogP contribution >= 0.6 is 0 Å². The maximum absolute atomic E-state index is 13.8. The highest BCUT2D eigenvalue weighted by molar-refractivity contribution is 6.06. The monoisotopic (exact) mass is 512 g/mol. The fourth-order valence-corrected chi connectivity index (χ4v) is 4.75. The van der Waals surface area contributed by atoms with Gasteiger partial charge in [-0.25, -0.2) is 9.59 Å². The van der Waals surface area contributed by atoms with E-state index in [1.807, 2.05) is 6.07 Å². The molecule has 0 saturated carbocycles. The topological polar surface area (TPSA) is 114 Å². The van der Waals surface area contributed by atoms with Gasteiger partial charge >= 0.3 is 18.3 Å². The largest absolute Gasteiger partial charge is 0.465 e. The molecule has 8 nitrogen and oxygen atoms in total. The number of anilines is 1. The van der Waals surface area contributed by atoms with Crippen molar-refractivity contribution in [2.24, 2.45) is 5.92 Å². The van der Waals surface area contributed by atoms with E-state index in [9.17, 15) is 32.7 Å². The minimum atomic E-state index is -4.62. The number of benzene rings is 2. The van der Waals surface area contributed by atoms with Crippen LogP contribution in [0.3, 0.4) is 0 Å². The van der Waals surface area contributed by atoms with Crippen LogP contribution in [0, 0.1) is 17.2 Å². The third-order valence-corrected chi connectivity index (χ3v) is 6.69. The number of Topliss-reactive ketones (excluding diaryl/α,β-unsaturated/α-hetero) is 1. The molecule has 3 amide bonds. The minimum Gasteiger partial charge on any atom is -0.465 e. The van der Waals surface area contributed by atoms with E-state index in [1.54, 1.807) is 24.3 Å². The van der Waals surface area contributed by atoms with Gasteiger partial charge in [-0.3, -0.25) is 9.69 Å². The molecular weight excluding hydrogens is 489 g/mol. The molecule has 2 aromatic rings. The molecule has 1 atom stereocenters. The summed E-state index contributed by atoms with van der Waals surface area (Å²) >= 11 is 0. The summed E-state index contributed by atoms with van der Waals surface area (Å²) in [6.45, 7) is 1.85. The average Bonchev–Trinajstić information content (AvgIpc) is 2.88. The Morgan fingerprint density at radius 1 is 1.11 bits per heavy atom. The van der Waals surface area contributed by atoms with Crippen molar-refractivity contribution in [3.05, 3.63) is 76.5 Å². The number of nitrogens with one attached hydrogen (secondary N) is 1.